The number of hydrogen-bond donors (Lipinski definition) is 2. The number of H-pyrrole nitrogens is 1. The summed E-state index contributed by atoms with van der Waals surface area (Å²) in [5.41, 5.74) is 2.06. The van der Waals surface area contributed by atoms with Crippen LogP contribution in [-0.2, 0) is 12.6 Å². The van der Waals surface area contributed by atoms with Crippen LogP contribution in [0.3, 0.4) is 0 Å². The summed E-state index contributed by atoms with van der Waals surface area (Å²) in [6.07, 6.45) is -1.39. The zero-order valence-corrected chi connectivity index (χ0v) is 11.9. The second kappa shape index (κ2) is 6.30. The van der Waals surface area contributed by atoms with Crippen LogP contribution in [0, 0.1) is 6.92 Å². The lowest BCUT2D eigenvalue weighted by atomic mass is 10.1. The monoisotopic (exact) mass is 319 g/mol. The van der Waals surface area contributed by atoms with E-state index in [0.29, 0.717) is 6.54 Å². The fourth-order valence-electron chi connectivity index (χ4n) is 1.76. The Labute approximate surface area is 123 Å². The summed E-state index contributed by atoms with van der Waals surface area (Å²) in [5.74, 6) is -1.19. The zero-order valence-electron chi connectivity index (χ0n) is 11.1. The first-order valence-electron chi connectivity index (χ1n) is 6.21. The van der Waals surface area contributed by atoms with Gasteiger partial charge in [-0.05, 0) is 25.3 Å². The van der Waals surface area contributed by atoms with Crippen LogP contribution in [0.25, 0.3) is 0 Å². The molecule has 0 saturated carbocycles. The predicted molar refractivity (Wildman–Crippen MR) is 72.2 cm³/mol. The molecule has 9 heteroatoms. The van der Waals surface area contributed by atoms with Crippen molar-refractivity contribution in [1.29, 1.82) is 0 Å². The average molecular weight is 320 g/mol. The van der Waals surface area contributed by atoms with Crippen LogP contribution in [0.15, 0.2) is 12.3 Å². The molecule has 0 radical (unpaired) electrons. The Hall–Kier alpha value is -1.83. The SMILES string of the molecule is Cc1[nH]ncc1CCCNc1cc(Cl)nc(C(F)(F)F)n1. The van der Waals surface area contributed by atoms with Gasteiger partial charge in [0, 0.05) is 18.3 Å². The summed E-state index contributed by atoms with van der Waals surface area (Å²) >= 11 is 5.57. The highest BCUT2D eigenvalue weighted by Gasteiger charge is 2.35. The van der Waals surface area contributed by atoms with Gasteiger partial charge >= 0.3 is 6.18 Å². The number of alkyl halides is 3. The van der Waals surface area contributed by atoms with Gasteiger partial charge in [0.2, 0.25) is 5.82 Å². The minimum absolute atomic E-state index is 0.0613. The molecular weight excluding hydrogens is 307 g/mol. The summed E-state index contributed by atoms with van der Waals surface area (Å²) in [6.45, 7) is 2.38. The molecule has 21 heavy (non-hydrogen) atoms. The molecule has 114 valence electrons. The Morgan fingerprint density at radius 1 is 1.33 bits per heavy atom. The topological polar surface area (TPSA) is 66.5 Å². The Morgan fingerprint density at radius 2 is 2.10 bits per heavy atom. The molecule has 0 aliphatic carbocycles. The number of nitrogens with one attached hydrogen (secondary N) is 2. The molecule has 2 heterocycles. The van der Waals surface area contributed by atoms with Gasteiger partial charge in [0.05, 0.1) is 6.20 Å². The second-order valence-electron chi connectivity index (χ2n) is 4.45. The first-order chi connectivity index (χ1) is 9.86. The van der Waals surface area contributed by atoms with Crippen LogP contribution in [0.2, 0.25) is 5.15 Å². The van der Waals surface area contributed by atoms with Crippen LogP contribution >= 0.6 is 11.6 Å². The van der Waals surface area contributed by atoms with E-state index in [9.17, 15) is 13.2 Å². The van der Waals surface area contributed by atoms with Gasteiger partial charge in [-0.3, -0.25) is 5.10 Å². The molecule has 0 bridgehead atoms. The van der Waals surface area contributed by atoms with Crippen LogP contribution in [0.1, 0.15) is 23.5 Å². The van der Waals surface area contributed by atoms with Gasteiger partial charge in [-0.1, -0.05) is 11.6 Å². The third kappa shape index (κ3) is 4.32. The fraction of sp³-hybridized carbons (Fsp3) is 0.417. The van der Waals surface area contributed by atoms with Crippen molar-refractivity contribution < 1.29 is 13.2 Å². The number of nitrogens with zero attached hydrogens (tertiary/aromatic N) is 3. The van der Waals surface area contributed by atoms with Crippen LogP contribution in [-0.4, -0.2) is 26.7 Å². The number of halogens is 4. The Kier molecular flexibility index (Phi) is 4.66. The van der Waals surface area contributed by atoms with E-state index in [4.69, 9.17) is 11.6 Å². The summed E-state index contributed by atoms with van der Waals surface area (Å²) < 4.78 is 37.6. The number of anilines is 1. The Bertz CT molecular complexity index is 611. The maximum absolute atomic E-state index is 12.5. The van der Waals surface area contributed by atoms with E-state index in [1.807, 2.05) is 6.92 Å². The largest absolute Gasteiger partial charge is 0.451 e. The number of aromatic amines is 1. The molecule has 0 unspecified atom stereocenters. The molecule has 0 spiro atoms. The van der Waals surface area contributed by atoms with Crippen LogP contribution < -0.4 is 5.32 Å². The molecule has 2 aromatic heterocycles. The normalized spacial score (nSPS) is 11.7. The molecule has 2 N–H and O–H groups in total. The smallest absolute Gasteiger partial charge is 0.370 e. The van der Waals surface area contributed by atoms with E-state index >= 15 is 0 Å². The molecule has 0 fully saturated rings. The average Bonchev–Trinajstić information content (AvgIpc) is 2.79. The third-order valence-electron chi connectivity index (χ3n) is 2.81. The molecule has 0 aliphatic heterocycles. The molecule has 0 aromatic carbocycles. The van der Waals surface area contributed by atoms with Crippen LogP contribution in [0.4, 0.5) is 19.0 Å². The van der Waals surface area contributed by atoms with E-state index in [-0.39, 0.29) is 11.0 Å². The molecule has 2 aromatic rings. The van der Waals surface area contributed by atoms with Crippen molar-refractivity contribution >= 4 is 17.4 Å². The van der Waals surface area contributed by atoms with E-state index in [0.717, 1.165) is 24.1 Å². The maximum atomic E-state index is 12.5. The molecule has 0 atom stereocenters. The first-order valence-corrected chi connectivity index (χ1v) is 6.58. The summed E-state index contributed by atoms with van der Waals surface area (Å²) in [5, 5.41) is 9.29. The first kappa shape index (κ1) is 15.6. The van der Waals surface area contributed by atoms with Crippen molar-refractivity contribution in [2.45, 2.75) is 25.9 Å². The van der Waals surface area contributed by atoms with Crippen molar-refractivity contribution in [3.05, 3.63) is 34.5 Å². The quantitative estimate of drug-likeness (QED) is 0.656. The minimum Gasteiger partial charge on any atom is -0.370 e. The van der Waals surface area contributed by atoms with Gasteiger partial charge in [-0.25, -0.2) is 9.97 Å². The lowest BCUT2D eigenvalue weighted by Crippen LogP contribution is -2.14. The molecule has 0 amide bonds. The van der Waals surface area contributed by atoms with Gasteiger partial charge in [-0.15, -0.1) is 0 Å². The summed E-state index contributed by atoms with van der Waals surface area (Å²) in [6, 6.07) is 1.26. The van der Waals surface area contributed by atoms with Gasteiger partial charge in [-0.2, -0.15) is 18.3 Å². The fourth-order valence-corrected chi connectivity index (χ4v) is 1.94. The third-order valence-corrected chi connectivity index (χ3v) is 3.01. The highest BCUT2D eigenvalue weighted by atomic mass is 35.5. The second-order valence-corrected chi connectivity index (χ2v) is 4.84. The standard InChI is InChI=1S/C12H13ClF3N5/c1-7-8(6-18-21-7)3-2-4-17-10-5-9(13)19-11(20-10)12(14,15)16/h5-6H,2-4H2,1H3,(H,18,21)(H,17,19,20). The lowest BCUT2D eigenvalue weighted by molar-refractivity contribution is -0.144. The van der Waals surface area contributed by atoms with E-state index in [1.165, 1.54) is 6.07 Å². The van der Waals surface area contributed by atoms with Crippen LogP contribution in [0.5, 0.6) is 0 Å². The molecule has 0 aliphatic rings. The van der Waals surface area contributed by atoms with Gasteiger partial charge in [0.1, 0.15) is 11.0 Å². The number of aromatic nitrogens is 4. The molecule has 2 rings (SSSR count). The molecule has 0 saturated heterocycles. The van der Waals surface area contributed by atoms with Crippen molar-refractivity contribution in [2.24, 2.45) is 0 Å². The summed E-state index contributed by atoms with van der Waals surface area (Å²) in [4.78, 5) is 6.57. The number of rotatable bonds is 5. The van der Waals surface area contributed by atoms with Gasteiger partial charge < -0.3 is 5.32 Å². The van der Waals surface area contributed by atoms with Gasteiger partial charge in [0.15, 0.2) is 0 Å². The van der Waals surface area contributed by atoms with E-state index < -0.39 is 12.0 Å². The van der Waals surface area contributed by atoms with Crippen molar-refractivity contribution in [3.63, 3.8) is 0 Å². The predicted octanol–water partition coefficient (Wildman–Crippen LogP) is 3.23. The number of aryl methyl sites for hydroxylation is 2. The lowest BCUT2D eigenvalue weighted by Gasteiger charge is -2.09. The number of hydrogen-bond acceptors (Lipinski definition) is 4. The van der Waals surface area contributed by atoms with Crippen molar-refractivity contribution in [1.82, 2.24) is 20.2 Å². The van der Waals surface area contributed by atoms with E-state index in [1.54, 1.807) is 6.20 Å². The summed E-state index contributed by atoms with van der Waals surface area (Å²) in [7, 11) is 0. The zero-order chi connectivity index (χ0) is 15.5. The molecular formula is C12H13ClF3N5. The van der Waals surface area contributed by atoms with Crippen molar-refractivity contribution in [3.8, 4) is 0 Å². The Morgan fingerprint density at radius 3 is 2.71 bits per heavy atom. The van der Waals surface area contributed by atoms with Crippen molar-refractivity contribution in [2.75, 3.05) is 11.9 Å². The minimum atomic E-state index is -4.62. The maximum Gasteiger partial charge on any atom is 0.451 e. The molecule has 5 nitrogen and oxygen atoms in total. The van der Waals surface area contributed by atoms with E-state index in [2.05, 4.69) is 25.5 Å². The highest BCUT2D eigenvalue weighted by molar-refractivity contribution is 6.29. The Balaban J connectivity index is 1.91. The highest BCUT2D eigenvalue weighted by Crippen LogP contribution is 2.28. The van der Waals surface area contributed by atoms with Gasteiger partial charge in [0.25, 0.3) is 0 Å².